The predicted octanol–water partition coefficient (Wildman–Crippen LogP) is 2.54. The lowest BCUT2D eigenvalue weighted by atomic mass is 10.1. The highest BCUT2D eigenvalue weighted by molar-refractivity contribution is 9.10. The molecular formula is C11H15BrN2. The monoisotopic (exact) mass is 254 g/mol. The normalized spacial score (nSPS) is 28.9. The van der Waals surface area contributed by atoms with Crippen molar-refractivity contribution in [2.75, 3.05) is 6.54 Å². The number of aromatic nitrogens is 1. The Bertz CT molecular complexity index is 349. The van der Waals surface area contributed by atoms with Crippen molar-refractivity contribution in [1.82, 2.24) is 4.98 Å². The summed E-state index contributed by atoms with van der Waals surface area (Å²) in [7, 11) is 0. The molecule has 76 valence electrons. The minimum Gasteiger partial charge on any atom is -0.330 e. The van der Waals surface area contributed by atoms with Crippen LogP contribution in [0.25, 0.3) is 0 Å². The Morgan fingerprint density at radius 1 is 1.57 bits per heavy atom. The molecule has 1 aromatic rings. The smallest absolute Gasteiger partial charge is 0.109 e. The summed E-state index contributed by atoms with van der Waals surface area (Å²) < 4.78 is 0.967. The molecule has 2 rings (SSSR count). The second-order valence-electron chi connectivity index (χ2n) is 4.52. The molecule has 0 radical (unpaired) electrons. The van der Waals surface area contributed by atoms with Crippen molar-refractivity contribution >= 4 is 15.9 Å². The summed E-state index contributed by atoms with van der Waals surface area (Å²) in [6.07, 6.45) is 1.81. The molecule has 1 fully saturated rings. The molecule has 2 nitrogen and oxygen atoms in total. The van der Waals surface area contributed by atoms with Gasteiger partial charge in [-0.1, -0.05) is 19.9 Å². The molecule has 1 aromatic heterocycles. The van der Waals surface area contributed by atoms with E-state index < -0.39 is 0 Å². The Morgan fingerprint density at radius 2 is 2.29 bits per heavy atom. The highest BCUT2D eigenvalue weighted by Gasteiger charge is 2.57. The maximum absolute atomic E-state index is 5.75. The number of hydrogen-bond acceptors (Lipinski definition) is 2. The summed E-state index contributed by atoms with van der Waals surface area (Å²) in [6, 6.07) is 4.13. The van der Waals surface area contributed by atoms with Gasteiger partial charge in [-0.05, 0) is 51.4 Å². The van der Waals surface area contributed by atoms with E-state index in [1.165, 1.54) is 5.56 Å². The second-order valence-corrected chi connectivity index (χ2v) is 5.28. The van der Waals surface area contributed by atoms with E-state index in [4.69, 9.17) is 5.73 Å². The number of rotatable bonds is 2. The van der Waals surface area contributed by atoms with E-state index in [0.717, 1.165) is 11.1 Å². The summed E-state index contributed by atoms with van der Waals surface area (Å²) in [5, 5.41) is 0. The lowest BCUT2D eigenvalue weighted by Gasteiger charge is -2.04. The first-order valence-electron chi connectivity index (χ1n) is 4.89. The fourth-order valence-electron chi connectivity index (χ4n) is 2.43. The van der Waals surface area contributed by atoms with Gasteiger partial charge < -0.3 is 5.73 Å². The molecule has 0 saturated heterocycles. The minimum absolute atomic E-state index is 0.334. The van der Waals surface area contributed by atoms with E-state index in [9.17, 15) is 0 Å². The number of halogens is 1. The molecular weight excluding hydrogens is 240 g/mol. The molecule has 0 amide bonds. The zero-order valence-corrected chi connectivity index (χ0v) is 10.1. The van der Waals surface area contributed by atoms with Crippen LogP contribution in [-0.2, 0) is 0 Å². The first kappa shape index (κ1) is 10.1. The van der Waals surface area contributed by atoms with Gasteiger partial charge in [0.15, 0.2) is 0 Å². The zero-order chi connectivity index (χ0) is 10.3. The average molecular weight is 255 g/mol. The molecule has 14 heavy (non-hydrogen) atoms. The van der Waals surface area contributed by atoms with Gasteiger partial charge in [-0.15, -0.1) is 0 Å². The van der Waals surface area contributed by atoms with Crippen molar-refractivity contribution in [1.29, 1.82) is 0 Å². The highest BCUT2D eigenvalue weighted by atomic mass is 79.9. The topological polar surface area (TPSA) is 38.9 Å². The molecule has 0 bridgehead atoms. The lowest BCUT2D eigenvalue weighted by Crippen LogP contribution is -2.05. The van der Waals surface area contributed by atoms with Crippen molar-refractivity contribution in [3.63, 3.8) is 0 Å². The van der Waals surface area contributed by atoms with E-state index in [1.807, 2.05) is 6.07 Å². The molecule has 2 unspecified atom stereocenters. The van der Waals surface area contributed by atoms with Crippen molar-refractivity contribution in [2.45, 2.75) is 19.8 Å². The fraction of sp³-hybridized carbons (Fsp3) is 0.545. The molecule has 1 aliphatic rings. The largest absolute Gasteiger partial charge is 0.330 e. The first-order valence-corrected chi connectivity index (χ1v) is 5.68. The Morgan fingerprint density at radius 3 is 2.79 bits per heavy atom. The molecule has 1 heterocycles. The fourth-order valence-corrected chi connectivity index (χ4v) is 2.93. The number of pyridine rings is 1. The van der Waals surface area contributed by atoms with Crippen LogP contribution in [0.1, 0.15) is 25.3 Å². The van der Waals surface area contributed by atoms with Gasteiger partial charge in [0, 0.05) is 6.20 Å². The molecule has 2 N–H and O–H groups in total. The first-order chi connectivity index (χ1) is 6.59. The van der Waals surface area contributed by atoms with Gasteiger partial charge in [0.1, 0.15) is 4.60 Å². The molecule has 2 atom stereocenters. The van der Waals surface area contributed by atoms with E-state index >= 15 is 0 Å². The molecule has 1 aliphatic carbocycles. The summed E-state index contributed by atoms with van der Waals surface area (Å²) in [5.41, 5.74) is 7.38. The van der Waals surface area contributed by atoms with Crippen LogP contribution in [0.4, 0.5) is 0 Å². The zero-order valence-electron chi connectivity index (χ0n) is 8.50. The number of nitrogens with two attached hydrogens (primary N) is 1. The Kier molecular flexibility index (Phi) is 2.40. The van der Waals surface area contributed by atoms with Gasteiger partial charge in [0.2, 0.25) is 0 Å². The summed E-state index contributed by atoms with van der Waals surface area (Å²) in [4.78, 5) is 4.25. The van der Waals surface area contributed by atoms with Crippen molar-refractivity contribution in [2.24, 2.45) is 17.1 Å². The van der Waals surface area contributed by atoms with Crippen LogP contribution in [0.3, 0.4) is 0 Å². The van der Waals surface area contributed by atoms with Gasteiger partial charge in [-0.3, -0.25) is 0 Å². The van der Waals surface area contributed by atoms with Gasteiger partial charge >= 0.3 is 0 Å². The maximum Gasteiger partial charge on any atom is 0.109 e. The van der Waals surface area contributed by atoms with Crippen molar-refractivity contribution in [3.8, 4) is 0 Å². The Labute approximate surface area is 93.0 Å². The van der Waals surface area contributed by atoms with Crippen molar-refractivity contribution < 1.29 is 0 Å². The van der Waals surface area contributed by atoms with Crippen LogP contribution in [0, 0.1) is 11.3 Å². The lowest BCUT2D eigenvalue weighted by molar-refractivity contribution is 0.558. The third-order valence-electron chi connectivity index (χ3n) is 3.43. The van der Waals surface area contributed by atoms with Gasteiger partial charge in [0.25, 0.3) is 0 Å². The predicted molar refractivity (Wildman–Crippen MR) is 61.0 cm³/mol. The quantitative estimate of drug-likeness (QED) is 0.825. The molecule has 0 spiro atoms. The van der Waals surface area contributed by atoms with E-state index in [2.05, 4.69) is 40.8 Å². The summed E-state index contributed by atoms with van der Waals surface area (Å²) >= 11 is 3.49. The maximum atomic E-state index is 5.75. The molecule has 1 saturated carbocycles. The van der Waals surface area contributed by atoms with Crippen LogP contribution < -0.4 is 5.73 Å². The van der Waals surface area contributed by atoms with E-state index in [0.29, 0.717) is 17.3 Å². The Balaban J connectivity index is 2.31. The van der Waals surface area contributed by atoms with Crippen molar-refractivity contribution in [3.05, 3.63) is 28.5 Å². The van der Waals surface area contributed by atoms with E-state index in [1.54, 1.807) is 6.20 Å². The molecule has 0 aliphatic heterocycles. The van der Waals surface area contributed by atoms with Crippen LogP contribution in [0.2, 0.25) is 0 Å². The number of hydrogen-bond donors (Lipinski definition) is 1. The van der Waals surface area contributed by atoms with Crippen LogP contribution in [-0.4, -0.2) is 11.5 Å². The van der Waals surface area contributed by atoms with Gasteiger partial charge in [0.05, 0.1) is 0 Å². The SMILES string of the molecule is CC1(C)C(CN)C1c1cccnc1Br. The van der Waals surface area contributed by atoms with Crippen LogP contribution in [0.15, 0.2) is 22.9 Å². The average Bonchev–Trinajstić information content (AvgIpc) is 2.69. The Hall–Kier alpha value is -0.410. The summed E-state index contributed by atoms with van der Waals surface area (Å²) in [5.74, 6) is 1.17. The van der Waals surface area contributed by atoms with Crippen LogP contribution >= 0.6 is 15.9 Å². The number of nitrogens with zero attached hydrogens (tertiary/aromatic N) is 1. The third kappa shape index (κ3) is 1.39. The molecule has 3 heteroatoms. The highest BCUT2D eigenvalue weighted by Crippen LogP contribution is 2.64. The minimum atomic E-state index is 0.334. The van der Waals surface area contributed by atoms with Crippen LogP contribution in [0.5, 0.6) is 0 Å². The molecule has 0 aromatic carbocycles. The van der Waals surface area contributed by atoms with E-state index in [-0.39, 0.29) is 0 Å². The summed E-state index contributed by atoms with van der Waals surface area (Å²) in [6.45, 7) is 5.31. The second kappa shape index (κ2) is 3.31. The van der Waals surface area contributed by atoms with Gasteiger partial charge in [-0.25, -0.2) is 4.98 Å². The standard InChI is InChI=1S/C11H15BrN2/c1-11(2)8(6-13)9(11)7-4-3-5-14-10(7)12/h3-5,8-9H,6,13H2,1-2H3. The third-order valence-corrected chi connectivity index (χ3v) is 4.09. The van der Waals surface area contributed by atoms with Gasteiger partial charge in [-0.2, -0.15) is 0 Å².